The lowest BCUT2D eigenvalue weighted by Gasteiger charge is -2.08. The smallest absolute Gasteiger partial charge is 0.254 e. The lowest BCUT2D eigenvalue weighted by atomic mass is 10.2. The second kappa shape index (κ2) is 7.59. The summed E-state index contributed by atoms with van der Waals surface area (Å²) in [5.74, 6) is 0.736. The first-order chi connectivity index (χ1) is 10.6. The van der Waals surface area contributed by atoms with Gasteiger partial charge in [-0.25, -0.2) is 4.98 Å². The SMILES string of the molecule is CCCn1ncc(C(=O)NCCNc2cc(C)ccn2)c1C. The van der Waals surface area contributed by atoms with E-state index < -0.39 is 0 Å². The second-order valence-corrected chi connectivity index (χ2v) is 5.27. The Hall–Kier alpha value is -2.37. The summed E-state index contributed by atoms with van der Waals surface area (Å²) < 4.78 is 1.86. The molecule has 2 rings (SSSR count). The Morgan fingerprint density at radius 3 is 2.86 bits per heavy atom. The zero-order valence-corrected chi connectivity index (χ0v) is 13.4. The number of aromatic nitrogens is 3. The third-order valence-corrected chi connectivity index (χ3v) is 3.42. The molecule has 0 bridgehead atoms. The highest BCUT2D eigenvalue weighted by molar-refractivity contribution is 5.95. The van der Waals surface area contributed by atoms with Crippen molar-refractivity contribution >= 4 is 11.7 Å². The highest BCUT2D eigenvalue weighted by Gasteiger charge is 2.13. The second-order valence-electron chi connectivity index (χ2n) is 5.27. The van der Waals surface area contributed by atoms with E-state index in [1.807, 2.05) is 30.7 Å². The van der Waals surface area contributed by atoms with Gasteiger partial charge in [-0.15, -0.1) is 0 Å². The standard InChI is InChI=1S/C16H23N5O/c1-4-9-21-13(3)14(11-20-21)16(22)19-8-7-18-15-10-12(2)5-6-17-15/h5-6,10-11H,4,7-9H2,1-3H3,(H,17,18)(H,19,22). The molecule has 0 atom stereocenters. The molecule has 2 aromatic heterocycles. The van der Waals surface area contributed by atoms with Crippen molar-refractivity contribution in [1.29, 1.82) is 0 Å². The molecular formula is C16H23N5O. The summed E-state index contributed by atoms with van der Waals surface area (Å²) in [7, 11) is 0. The Balaban J connectivity index is 1.80. The molecular weight excluding hydrogens is 278 g/mol. The summed E-state index contributed by atoms with van der Waals surface area (Å²) in [4.78, 5) is 16.4. The number of carbonyl (C=O) groups excluding carboxylic acids is 1. The van der Waals surface area contributed by atoms with E-state index in [1.165, 1.54) is 0 Å². The van der Waals surface area contributed by atoms with Crippen molar-refractivity contribution in [3.8, 4) is 0 Å². The molecule has 0 fully saturated rings. The minimum absolute atomic E-state index is 0.0844. The maximum absolute atomic E-state index is 12.1. The number of carbonyl (C=O) groups is 1. The molecule has 0 aromatic carbocycles. The van der Waals surface area contributed by atoms with Gasteiger partial charge in [-0.1, -0.05) is 6.92 Å². The molecule has 1 amide bonds. The molecule has 0 saturated carbocycles. The lowest BCUT2D eigenvalue weighted by Crippen LogP contribution is -2.29. The van der Waals surface area contributed by atoms with Gasteiger partial charge in [0.1, 0.15) is 5.82 Å². The molecule has 0 aliphatic carbocycles. The van der Waals surface area contributed by atoms with Gasteiger partial charge in [-0.05, 0) is 38.0 Å². The van der Waals surface area contributed by atoms with Crippen LogP contribution < -0.4 is 10.6 Å². The Morgan fingerprint density at radius 1 is 1.32 bits per heavy atom. The van der Waals surface area contributed by atoms with Gasteiger partial charge < -0.3 is 10.6 Å². The van der Waals surface area contributed by atoms with Gasteiger partial charge in [0.2, 0.25) is 0 Å². The highest BCUT2D eigenvalue weighted by Crippen LogP contribution is 2.08. The molecule has 2 N–H and O–H groups in total. The summed E-state index contributed by atoms with van der Waals surface area (Å²) in [5.41, 5.74) is 2.70. The van der Waals surface area contributed by atoms with Crippen molar-refractivity contribution in [2.45, 2.75) is 33.7 Å². The van der Waals surface area contributed by atoms with Gasteiger partial charge in [0.05, 0.1) is 11.8 Å². The zero-order chi connectivity index (χ0) is 15.9. The van der Waals surface area contributed by atoms with Crippen LogP contribution in [0.25, 0.3) is 0 Å². The molecule has 0 aliphatic heterocycles. The van der Waals surface area contributed by atoms with Crippen LogP contribution in [0.5, 0.6) is 0 Å². The van der Waals surface area contributed by atoms with Crippen molar-refractivity contribution < 1.29 is 4.79 Å². The molecule has 0 spiro atoms. The number of nitrogens with one attached hydrogen (secondary N) is 2. The molecule has 0 radical (unpaired) electrons. The predicted octanol–water partition coefficient (Wildman–Crippen LogP) is 2.15. The quantitative estimate of drug-likeness (QED) is 0.769. The number of rotatable bonds is 7. The first kappa shape index (κ1) is 16.0. The van der Waals surface area contributed by atoms with Gasteiger partial charge in [0.15, 0.2) is 0 Å². The third kappa shape index (κ3) is 4.07. The number of pyridine rings is 1. The normalized spacial score (nSPS) is 10.5. The van der Waals surface area contributed by atoms with Gasteiger partial charge in [0.25, 0.3) is 5.91 Å². The highest BCUT2D eigenvalue weighted by atomic mass is 16.1. The van der Waals surface area contributed by atoms with Crippen LogP contribution in [0.15, 0.2) is 24.5 Å². The average Bonchev–Trinajstić information content (AvgIpc) is 2.85. The Morgan fingerprint density at radius 2 is 2.14 bits per heavy atom. The Bertz CT molecular complexity index is 635. The summed E-state index contributed by atoms with van der Waals surface area (Å²) in [6.45, 7) is 8.03. The Labute approximate surface area is 130 Å². The largest absolute Gasteiger partial charge is 0.368 e. The van der Waals surface area contributed by atoms with E-state index in [-0.39, 0.29) is 5.91 Å². The third-order valence-electron chi connectivity index (χ3n) is 3.42. The summed E-state index contributed by atoms with van der Waals surface area (Å²) in [6, 6.07) is 3.92. The van der Waals surface area contributed by atoms with Crippen molar-refractivity contribution in [2.24, 2.45) is 0 Å². The first-order valence-corrected chi connectivity index (χ1v) is 7.59. The van der Waals surface area contributed by atoms with E-state index >= 15 is 0 Å². The monoisotopic (exact) mass is 301 g/mol. The van der Waals surface area contributed by atoms with E-state index in [4.69, 9.17) is 0 Å². The van der Waals surface area contributed by atoms with Crippen LogP contribution in [0, 0.1) is 13.8 Å². The molecule has 22 heavy (non-hydrogen) atoms. The van der Waals surface area contributed by atoms with Crippen LogP contribution in [0.3, 0.4) is 0 Å². The lowest BCUT2D eigenvalue weighted by molar-refractivity contribution is 0.0954. The molecule has 2 heterocycles. The van der Waals surface area contributed by atoms with E-state index in [1.54, 1.807) is 12.4 Å². The molecule has 6 heteroatoms. The van der Waals surface area contributed by atoms with Crippen LogP contribution in [0.4, 0.5) is 5.82 Å². The van der Waals surface area contributed by atoms with Crippen molar-refractivity contribution in [1.82, 2.24) is 20.1 Å². The van der Waals surface area contributed by atoms with Crippen LogP contribution in [0.1, 0.15) is 35.0 Å². The number of hydrogen-bond donors (Lipinski definition) is 2. The number of aryl methyl sites for hydroxylation is 2. The molecule has 6 nitrogen and oxygen atoms in total. The molecule has 2 aromatic rings. The van der Waals surface area contributed by atoms with Gasteiger partial charge in [0, 0.05) is 31.5 Å². The topological polar surface area (TPSA) is 71.8 Å². The number of amides is 1. The molecule has 0 aliphatic rings. The maximum atomic E-state index is 12.1. The van der Waals surface area contributed by atoms with Gasteiger partial charge in [-0.2, -0.15) is 5.10 Å². The number of nitrogens with zero attached hydrogens (tertiary/aromatic N) is 3. The minimum atomic E-state index is -0.0844. The number of anilines is 1. The average molecular weight is 301 g/mol. The summed E-state index contributed by atoms with van der Waals surface area (Å²) in [6.07, 6.45) is 4.40. The van der Waals surface area contributed by atoms with E-state index in [9.17, 15) is 4.79 Å². The summed E-state index contributed by atoms with van der Waals surface area (Å²) in [5, 5.41) is 10.3. The van der Waals surface area contributed by atoms with E-state index in [0.717, 1.165) is 30.0 Å². The fraction of sp³-hybridized carbons (Fsp3) is 0.438. The van der Waals surface area contributed by atoms with E-state index in [2.05, 4.69) is 27.6 Å². The molecule has 118 valence electrons. The fourth-order valence-corrected chi connectivity index (χ4v) is 2.20. The molecule has 0 unspecified atom stereocenters. The zero-order valence-electron chi connectivity index (χ0n) is 13.4. The van der Waals surface area contributed by atoms with Crippen LogP contribution in [0.2, 0.25) is 0 Å². The van der Waals surface area contributed by atoms with Crippen molar-refractivity contribution in [3.05, 3.63) is 41.3 Å². The fourth-order valence-electron chi connectivity index (χ4n) is 2.20. The van der Waals surface area contributed by atoms with Crippen LogP contribution >= 0.6 is 0 Å². The maximum Gasteiger partial charge on any atom is 0.254 e. The van der Waals surface area contributed by atoms with Crippen molar-refractivity contribution in [3.63, 3.8) is 0 Å². The Kier molecular flexibility index (Phi) is 5.52. The van der Waals surface area contributed by atoms with Crippen LogP contribution in [-0.4, -0.2) is 33.8 Å². The van der Waals surface area contributed by atoms with Gasteiger partial charge in [-0.3, -0.25) is 9.48 Å². The first-order valence-electron chi connectivity index (χ1n) is 7.59. The van der Waals surface area contributed by atoms with Crippen LogP contribution in [-0.2, 0) is 6.54 Å². The predicted molar refractivity (Wildman–Crippen MR) is 87.1 cm³/mol. The van der Waals surface area contributed by atoms with E-state index in [0.29, 0.717) is 18.7 Å². The minimum Gasteiger partial charge on any atom is -0.368 e. The number of hydrogen-bond acceptors (Lipinski definition) is 4. The summed E-state index contributed by atoms with van der Waals surface area (Å²) >= 11 is 0. The van der Waals surface area contributed by atoms with Gasteiger partial charge >= 0.3 is 0 Å². The molecule has 0 saturated heterocycles. The van der Waals surface area contributed by atoms with Crippen molar-refractivity contribution in [2.75, 3.05) is 18.4 Å².